The minimum atomic E-state index is -0.0570. The van der Waals surface area contributed by atoms with Crippen LogP contribution in [0.15, 0.2) is 48.9 Å². The van der Waals surface area contributed by atoms with Gasteiger partial charge in [0, 0.05) is 44.5 Å². The van der Waals surface area contributed by atoms with Crippen LogP contribution >= 0.6 is 0 Å². The summed E-state index contributed by atoms with van der Waals surface area (Å²) < 4.78 is 12.9. The highest BCUT2D eigenvalue weighted by molar-refractivity contribution is 5.92. The quantitative estimate of drug-likeness (QED) is 0.721. The lowest BCUT2D eigenvalue weighted by Crippen LogP contribution is -2.41. The highest BCUT2D eigenvalue weighted by atomic mass is 16.5. The Balaban J connectivity index is 1.35. The van der Waals surface area contributed by atoms with Crippen molar-refractivity contribution in [2.45, 2.75) is 18.9 Å². The number of fused-ring (bicyclic) bond motifs is 1. The molecule has 1 fully saturated rings. The van der Waals surface area contributed by atoms with Gasteiger partial charge < -0.3 is 14.4 Å². The van der Waals surface area contributed by atoms with Gasteiger partial charge in [0.1, 0.15) is 23.3 Å². The van der Waals surface area contributed by atoms with E-state index >= 15 is 0 Å². The topological polar surface area (TPSA) is 69.0 Å². The molecule has 1 aliphatic rings. The summed E-state index contributed by atoms with van der Waals surface area (Å²) in [6.45, 7) is 1.31. The van der Waals surface area contributed by atoms with Crippen LogP contribution in [0.2, 0.25) is 0 Å². The Labute approximate surface area is 151 Å². The van der Waals surface area contributed by atoms with Gasteiger partial charge >= 0.3 is 0 Å². The Bertz CT molecular complexity index is 866. The van der Waals surface area contributed by atoms with Crippen LogP contribution in [0.1, 0.15) is 23.3 Å². The van der Waals surface area contributed by atoms with Gasteiger partial charge in [0.15, 0.2) is 0 Å². The second-order valence-corrected chi connectivity index (χ2v) is 6.24. The monoisotopic (exact) mass is 352 g/mol. The van der Waals surface area contributed by atoms with E-state index in [0.717, 1.165) is 24.3 Å². The van der Waals surface area contributed by atoms with Crippen molar-refractivity contribution < 1.29 is 14.3 Å². The summed E-state index contributed by atoms with van der Waals surface area (Å²) in [5.74, 6) is 2.11. The zero-order chi connectivity index (χ0) is 17.9. The molecule has 0 bridgehead atoms. The van der Waals surface area contributed by atoms with E-state index in [1.807, 2.05) is 41.4 Å². The number of rotatable bonds is 4. The van der Waals surface area contributed by atoms with Crippen LogP contribution in [0.5, 0.6) is 11.5 Å². The molecule has 1 aromatic carbocycles. The standard InChI is InChI=1S/C19H20N4O3/c1-25-14-3-5-15(6-4-14)26-16-7-11-22(12-8-16)18(24)17-13-23-10-2-9-20-19(23)21-17/h2-6,9-10,13,16H,7-8,11-12H2,1H3. The predicted octanol–water partition coefficient (Wildman–Crippen LogP) is 2.42. The van der Waals surface area contributed by atoms with Crippen LogP contribution in [0.4, 0.5) is 0 Å². The summed E-state index contributed by atoms with van der Waals surface area (Å²) in [5, 5.41) is 0. The van der Waals surface area contributed by atoms with Crippen LogP contribution < -0.4 is 9.47 Å². The number of benzene rings is 1. The van der Waals surface area contributed by atoms with Crippen molar-refractivity contribution in [3.8, 4) is 11.5 Å². The maximum atomic E-state index is 12.7. The Morgan fingerprint density at radius 3 is 2.58 bits per heavy atom. The summed E-state index contributed by atoms with van der Waals surface area (Å²) in [6, 6.07) is 9.38. The molecule has 4 rings (SSSR count). The molecule has 26 heavy (non-hydrogen) atoms. The molecule has 0 atom stereocenters. The molecule has 1 amide bonds. The van der Waals surface area contributed by atoms with Crippen molar-refractivity contribution in [1.29, 1.82) is 0 Å². The van der Waals surface area contributed by atoms with Gasteiger partial charge in [0.25, 0.3) is 5.91 Å². The fourth-order valence-corrected chi connectivity index (χ4v) is 3.12. The molecule has 0 N–H and O–H groups in total. The number of likely N-dealkylation sites (tertiary alicyclic amines) is 1. The van der Waals surface area contributed by atoms with Crippen molar-refractivity contribution in [2.75, 3.05) is 20.2 Å². The normalized spacial score (nSPS) is 15.2. The molecule has 3 heterocycles. The first-order valence-corrected chi connectivity index (χ1v) is 8.62. The van der Waals surface area contributed by atoms with Gasteiger partial charge in [-0.25, -0.2) is 9.97 Å². The molecule has 134 valence electrons. The number of aromatic nitrogens is 3. The van der Waals surface area contributed by atoms with Crippen molar-refractivity contribution in [3.63, 3.8) is 0 Å². The van der Waals surface area contributed by atoms with Crippen LogP contribution in [0, 0.1) is 0 Å². The molecule has 1 aliphatic heterocycles. The Morgan fingerprint density at radius 2 is 1.88 bits per heavy atom. The van der Waals surface area contributed by atoms with Crippen LogP contribution in [0.25, 0.3) is 5.78 Å². The van der Waals surface area contributed by atoms with E-state index in [-0.39, 0.29) is 12.0 Å². The molecule has 3 aromatic rings. The maximum Gasteiger partial charge on any atom is 0.274 e. The smallest absolute Gasteiger partial charge is 0.274 e. The molecule has 1 saturated heterocycles. The first-order chi connectivity index (χ1) is 12.7. The number of carbonyl (C=O) groups is 1. The van der Waals surface area contributed by atoms with E-state index in [1.165, 1.54) is 0 Å². The number of methoxy groups -OCH3 is 1. The summed E-state index contributed by atoms with van der Waals surface area (Å²) in [4.78, 5) is 23.0. The first kappa shape index (κ1) is 16.4. The second-order valence-electron chi connectivity index (χ2n) is 6.24. The second kappa shape index (κ2) is 7.03. The number of piperidine rings is 1. The largest absolute Gasteiger partial charge is 0.497 e. The van der Waals surface area contributed by atoms with Gasteiger partial charge in [0.2, 0.25) is 5.78 Å². The van der Waals surface area contributed by atoms with E-state index in [0.29, 0.717) is 24.6 Å². The average molecular weight is 352 g/mol. The molecule has 0 saturated carbocycles. The average Bonchev–Trinajstić information content (AvgIpc) is 3.13. The number of hydrogen-bond donors (Lipinski definition) is 0. The number of imidazole rings is 1. The summed E-state index contributed by atoms with van der Waals surface area (Å²) in [5.41, 5.74) is 0.429. The van der Waals surface area contributed by atoms with Gasteiger partial charge in [-0.05, 0) is 30.3 Å². The summed E-state index contributed by atoms with van der Waals surface area (Å²) in [7, 11) is 1.64. The Hall–Kier alpha value is -3.09. The fourth-order valence-electron chi connectivity index (χ4n) is 3.12. The lowest BCUT2D eigenvalue weighted by Gasteiger charge is -2.31. The van der Waals surface area contributed by atoms with Crippen molar-refractivity contribution in [1.82, 2.24) is 19.3 Å². The van der Waals surface area contributed by atoms with Crippen LogP contribution in [-0.2, 0) is 0 Å². The highest BCUT2D eigenvalue weighted by Gasteiger charge is 2.26. The summed E-state index contributed by atoms with van der Waals surface area (Å²) >= 11 is 0. The van der Waals surface area contributed by atoms with Crippen molar-refractivity contribution in [2.24, 2.45) is 0 Å². The Morgan fingerprint density at radius 1 is 1.15 bits per heavy atom. The van der Waals surface area contributed by atoms with Gasteiger partial charge in [0.05, 0.1) is 7.11 Å². The molecule has 7 heteroatoms. The third kappa shape index (κ3) is 3.33. The van der Waals surface area contributed by atoms with Crippen LogP contribution in [0.3, 0.4) is 0 Å². The minimum absolute atomic E-state index is 0.0570. The third-order valence-electron chi connectivity index (χ3n) is 4.55. The first-order valence-electron chi connectivity index (χ1n) is 8.62. The third-order valence-corrected chi connectivity index (χ3v) is 4.55. The zero-order valence-corrected chi connectivity index (χ0v) is 14.5. The molecule has 2 aromatic heterocycles. The van der Waals surface area contributed by atoms with Gasteiger partial charge in [-0.15, -0.1) is 0 Å². The Kier molecular flexibility index (Phi) is 4.43. The van der Waals surface area contributed by atoms with E-state index in [1.54, 1.807) is 23.9 Å². The van der Waals surface area contributed by atoms with Gasteiger partial charge in [-0.2, -0.15) is 0 Å². The molecule has 7 nitrogen and oxygen atoms in total. The SMILES string of the molecule is COc1ccc(OC2CCN(C(=O)c3cn4cccnc4n3)CC2)cc1. The lowest BCUT2D eigenvalue weighted by molar-refractivity contribution is 0.0590. The lowest BCUT2D eigenvalue weighted by atomic mass is 10.1. The van der Waals surface area contributed by atoms with E-state index in [2.05, 4.69) is 9.97 Å². The van der Waals surface area contributed by atoms with Crippen molar-refractivity contribution in [3.05, 3.63) is 54.6 Å². The maximum absolute atomic E-state index is 12.7. The number of carbonyl (C=O) groups excluding carboxylic acids is 1. The molecule has 0 radical (unpaired) electrons. The molecular weight excluding hydrogens is 332 g/mol. The van der Waals surface area contributed by atoms with Gasteiger partial charge in [-0.3, -0.25) is 9.20 Å². The molecular formula is C19H20N4O3. The molecule has 0 unspecified atom stereocenters. The van der Waals surface area contributed by atoms with E-state index in [4.69, 9.17) is 9.47 Å². The molecule has 0 aliphatic carbocycles. The highest BCUT2D eigenvalue weighted by Crippen LogP contribution is 2.22. The zero-order valence-electron chi connectivity index (χ0n) is 14.5. The van der Waals surface area contributed by atoms with Gasteiger partial charge in [-0.1, -0.05) is 0 Å². The number of amides is 1. The van der Waals surface area contributed by atoms with Crippen molar-refractivity contribution >= 4 is 11.7 Å². The minimum Gasteiger partial charge on any atom is -0.497 e. The van der Waals surface area contributed by atoms with E-state index < -0.39 is 0 Å². The number of nitrogens with zero attached hydrogens (tertiary/aromatic N) is 4. The predicted molar refractivity (Wildman–Crippen MR) is 95.5 cm³/mol. The number of ether oxygens (including phenoxy) is 2. The fraction of sp³-hybridized carbons (Fsp3) is 0.316. The summed E-state index contributed by atoms with van der Waals surface area (Å²) in [6.07, 6.45) is 6.92. The van der Waals surface area contributed by atoms with E-state index in [9.17, 15) is 4.79 Å². The van der Waals surface area contributed by atoms with Crippen LogP contribution in [-0.4, -0.2) is 51.5 Å². The molecule has 0 spiro atoms. The number of hydrogen-bond acceptors (Lipinski definition) is 5.